The number of hydrogen-bond donors (Lipinski definition) is 0. The third-order valence-corrected chi connectivity index (χ3v) is 2.00. The Morgan fingerprint density at radius 2 is 1.60 bits per heavy atom. The van der Waals surface area contributed by atoms with Crippen LogP contribution in [0.15, 0.2) is 18.2 Å². The summed E-state index contributed by atoms with van der Waals surface area (Å²) in [6.45, 7) is 0. The first-order valence-corrected chi connectivity index (χ1v) is 4.33. The van der Waals surface area contributed by atoms with Gasteiger partial charge < -0.3 is 0 Å². The molecule has 0 aliphatic heterocycles. The van der Waals surface area contributed by atoms with Gasteiger partial charge in [-0.2, -0.15) is 11.5 Å². The van der Waals surface area contributed by atoms with Gasteiger partial charge in [0.25, 0.3) is 0 Å². The Balaban J connectivity index is 3.06. The van der Waals surface area contributed by atoms with E-state index in [4.69, 9.17) is 11.5 Å². The van der Waals surface area contributed by atoms with E-state index in [1.165, 1.54) is 6.07 Å². The highest BCUT2D eigenvalue weighted by Crippen LogP contribution is 2.17. The Bertz CT molecular complexity index is 215. The highest BCUT2D eigenvalue weighted by molar-refractivity contribution is 14.1. The largest absolute Gasteiger partial charge is 0.150 e. The van der Waals surface area contributed by atoms with Crippen molar-refractivity contribution in [2.45, 2.75) is 4.43 Å². The van der Waals surface area contributed by atoms with Crippen LogP contribution >= 0.6 is 22.6 Å². The Hall–Kier alpha value is -0.450. The zero-order valence-corrected chi connectivity index (χ0v) is 7.37. The molecule has 0 saturated carbocycles. The molecular weight excluding hydrogens is 239 g/mol. The first kappa shape index (κ1) is 7.65. The minimum Gasteiger partial charge on any atom is -0.150 e. The molecule has 0 amide bonds. The summed E-state index contributed by atoms with van der Waals surface area (Å²) in [7, 11) is 0. The molecule has 1 aromatic rings. The molecule has 4 radical (unpaired) electrons. The number of alkyl halides is 1. The summed E-state index contributed by atoms with van der Waals surface area (Å²) in [5, 5.41) is 0. The lowest BCUT2D eigenvalue weighted by atomic mass is 10.2. The van der Waals surface area contributed by atoms with E-state index < -0.39 is 0 Å². The number of benzene rings is 1. The maximum atomic E-state index is 8.96. The van der Waals surface area contributed by atoms with Crippen molar-refractivity contribution in [1.29, 1.82) is 0 Å². The van der Waals surface area contributed by atoms with E-state index in [2.05, 4.69) is 22.6 Å². The second kappa shape index (κ2) is 3.09. The summed E-state index contributed by atoms with van der Waals surface area (Å²) >= 11 is 2.16. The van der Waals surface area contributed by atoms with Gasteiger partial charge in [0, 0.05) is 4.43 Å². The van der Waals surface area contributed by atoms with Gasteiger partial charge in [0.15, 0.2) is 0 Å². The van der Waals surface area contributed by atoms with Crippen LogP contribution in [0.25, 0.3) is 0 Å². The molecule has 0 unspecified atom stereocenters. The molecule has 0 heterocycles. The van der Waals surface area contributed by atoms with Gasteiger partial charge >= 0.3 is 0 Å². The Kier molecular flexibility index (Phi) is 2.37. The number of rotatable bonds is 1. The minimum absolute atomic E-state index is 0.117. The molecule has 0 fully saturated rings. The first-order chi connectivity index (χ1) is 4.72. The van der Waals surface area contributed by atoms with Crippen molar-refractivity contribution in [3.63, 3.8) is 0 Å². The average molecular weight is 244 g/mol. The van der Waals surface area contributed by atoms with Crippen LogP contribution in [0.2, 0.25) is 0 Å². The van der Waals surface area contributed by atoms with Crippen molar-refractivity contribution < 1.29 is 0 Å². The fraction of sp³-hybridized carbons (Fsp3) is 0.143. The average Bonchev–Trinajstić information content (AvgIpc) is 1.85. The van der Waals surface area contributed by atoms with E-state index >= 15 is 0 Å². The number of nitrogens with zero attached hydrogens (tertiary/aromatic N) is 2. The van der Waals surface area contributed by atoms with E-state index in [9.17, 15) is 0 Å². The Morgan fingerprint density at radius 3 is 2.00 bits per heavy atom. The fourth-order valence-corrected chi connectivity index (χ4v) is 1.17. The van der Waals surface area contributed by atoms with Crippen LogP contribution in [0, 0.1) is 0 Å². The predicted molar refractivity (Wildman–Crippen MR) is 47.8 cm³/mol. The molecule has 10 heavy (non-hydrogen) atoms. The lowest BCUT2D eigenvalue weighted by Gasteiger charge is -1.95. The van der Waals surface area contributed by atoms with E-state index in [0.29, 0.717) is 0 Å². The van der Waals surface area contributed by atoms with Crippen LogP contribution in [-0.2, 0) is 4.43 Å². The topological polar surface area (TPSA) is 44.6 Å². The third kappa shape index (κ3) is 1.76. The molecule has 2 nitrogen and oxygen atoms in total. The Morgan fingerprint density at radius 1 is 1.10 bits per heavy atom. The van der Waals surface area contributed by atoms with E-state index in [0.717, 1.165) is 9.99 Å². The van der Waals surface area contributed by atoms with Crippen LogP contribution < -0.4 is 11.5 Å². The van der Waals surface area contributed by atoms with Gasteiger partial charge in [-0.25, -0.2) is 0 Å². The van der Waals surface area contributed by atoms with Crippen LogP contribution in [-0.4, -0.2) is 0 Å². The highest BCUT2D eigenvalue weighted by atomic mass is 127. The van der Waals surface area contributed by atoms with E-state index in [1.54, 1.807) is 12.1 Å². The van der Waals surface area contributed by atoms with Gasteiger partial charge in [0.05, 0.1) is 11.4 Å². The maximum absolute atomic E-state index is 8.96. The summed E-state index contributed by atoms with van der Waals surface area (Å²) in [6.07, 6.45) is 0. The number of hydrogen-bond acceptors (Lipinski definition) is 0. The van der Waals surface area contributed by atoms with Crippen LogP contribution in [0.5, 0.6) is 0 Å². The summed E-state index contributed by atoms with van der Waals surface area (Å²) in [5.74, 6) is 0. The van der Waals surface area contributed by atoms with Gasteiger partial charge in [-0.3, -0.25) is 0 Å². The molecule has 0 bridgehead atoms. The van der Waals surface area contributed by atoms with Crippen molar-refractivity contribution >= 4 is 34.0 Å². The molecule has 1 aromatic carbocycles. The van der Waals surface area contributed by atoms with Crippen molar-refractivity contribution in [3.05, 3.63) is 23.8 Å². The molecule has 0 N–H and O–H groups in total. The molecule has 0 spiro atoms. The normalized spacial score (nSPS) is 9.70. The predicted octanol–water partition coefficient (Wildman–Crippen LogP) is 2.02. The molecule has 3 heteroatoms. The molecule has 0 aliphatic rings. The van der Waals surface area contributed by atoms with E-state index in [1.807, 2.05) is 0 Å². The maximum Gasteiger partial charge on any atom is 0.0882 e. The lowest BCUT2D eigenvalue weighted by Crippen LogP contribution is -1.79. The van der Waals surface area contributed by atoms with Gasteiger partial charge in [0.1, 0.15) is 0 Å². The third-order valence-electron chi connectivity index (χ3n) is 1.12. The number of halogens is 1. The van der Waals surface area contributed by atoms with Crippen LogP contribution in [0.1, 0.15) is 5.56 Å². The zero-order valence-electron chi connectivity index (χ0n) is 5.21. The molecule has 0 aliphatic carbocycles. The standard InChI is InChI=1S/C7H5IN2/c8-4-5-1-6(9)3-7(10)2-5/h1-3H,4H2. The monoisotopic (exact) mass is 244 g/mol. The van der Waals surface area contributed by atoms with Crippen molar-refractivity contribution in [2.24, 2.45) is 0 Å². The summed E-state index contributed by atoms with van der Waals surface area (Å²) in [6, 6.07) is 4.58. The Labute approximate surface area is 73.7 Å². The van der Waals surface area contributed by atoms with Crippen molar-refractivity contribution in [2.75, 3.05) is 0 Å². The zero-order chi connectivity index (χ0) is 7.56. The van der Waals surface area contributed by atoms with Gasteiger partial charge in [-0.1, -0.05) is 22.6 Å². The quantitative estimate of drug-likeness (QED) is 0.536. The first-order valence-electron chi connectivity index (χ1n) is 2.80. The smallest absolute Gasteiger partial charge is 0.0882 e. The fourth-order valence-electron chi connectivity index (χ4n) is 0.734. The molecular formula is C7H5IN2. The summed E-state index contributed by atoms with van der Waals surface area (Å²) in [5.41, 5.74) is 19.1. The van der Waals surface area contributed by atoms with E-state index in [-0.39, 0.29) is 11.4 Å². The molecule has 0 saturated heterocycles. The summed E-state index contributed by atoms with van der Waals surface area (Å²) in [4.78, 5) is 0. The molecule has 0 aromatic heterocycles. The molecule has 1 rings (SSSR count). The minimum atomic E-state index is 0.117. The van der Waals surface area contributed by atoms with Crippen molar-refractivity contribution in [1.82, 2.24) is 11.5 Å². The van der Waals surface area contributed by atoms with Gasteiger partial charge in [-0.05, 0) is 23.8 Å². The van der Waals surface area contributed by atoms with Crippen molar-refractivity contribution in [3.8, 4) is 0 Å². The summed E-state index contributed by atoms with van der Waals surface area (Å²) < 4.78 is 0.791. The van der Waals surface area contributed by atoms with Gasteiger partial charge in [-0.15, -0.1) is 0 Å². The van der Waals surface area contributed by atoms with Gasteiger partial charge in [0.2, 0.25) is 0 Å². The second-order valence-electron chi connectivity index (χ2n) is 1.99. The van der Waals surface area contributed by atoms with Crippen LogP contribution in [0.4, 0.5) is 11.4 Å². The molecule has 50 valence electrons. The van der Waals surface area contributed by atoms with Crippen LogP contribution in [0.3, 0.4) is 0 Å². The lowest BCUT2D eigenvalue weighted by molar-refractivity contribution is 1.36. The second-order valence-corrected chi connectivity index (χ2v) is 2.75. The molecule has 0 atom stereocenters. The SMILES string of the molecule is [N]c1cc([N])cc(CI)c1. The highest BCUT2D eigenvalue weighted by Gasteiger charge is 1.96.